The van der Waals surface area contributed by atoms with Gasteiger partial charge in [-0.2, -0.15) is 0 Å². The number of carbonyl (C=O) groups excluding carboxylic acids is 1. The highest BCUT2D eigenvalue weighted by atomic mass is 16.5. The number of benzene rings is 1. The van der Waals surface area contributed by atoms with Crippen molar-refractivity contribution in [1.82, 2.24) is 0 Å². The Morgan fingerprint density at radius 2 is 1.93 bits per heavy atom. The van der Waals surface area contributed by atoms with Crippen molar-refractivity contribution in [2.75, 3.05) is 0 Å². The smallest absolute Gasteiger partial charge is 0.324 e. The summed E-state index contributed by atoms with van der Waals surface area (Å²) in [6.45, 7) is 1.91. The van der Waals surface area contributed by atoms with Crippen LogP contribution < -0.4 is 11.5 Å². The lowest BCUT2D eigenvalue weighted by molar-refractivity contribution is -0.146. The van der Waals surface area contributed by atoms with Gasteiger partial charge in [0.25, 0.3) is 0 Å². The quantitative estimate of drug-likeness (QED) is 0.702. The van der Waals surface area contributed by atoms with Crippen molar-refractivity contribution < 1.29 is 9.53 Å². The zero-order valence-corrected chi connectivity index (χ0v) is 8.72. The molecule has 2 atom stereocenters. The van der Waals surface area contributed by atoms with E-state index in [1.807, 2.05) is 30.3 Å². The second-order valence-corrected chi connectivity index (χ2v) is 3.48. The van der Waals surface area contributed by atoms with Gasteiger partial charge in [0.05, 0.1) is 0 Å². The molecular weight excluding hydrogens is 192 g/mol. The van der Waals surface area contributed by atoms with Gasteiger partial charge >= 0.3 is 5.97 Å². The minimum Gasteiger partial charge on any atom is -0.460 e. The fourth-order valence-corrected chi connectivity index (χ4v) is 1.04. The van der Waals surface area contributed by atoms with Gasteiger partial charge in [-0.25, -0.2) is 0 Å². The number of rotatable bonds is 4. The van der Waals surface area contributed by atoms with Crippen LogP contribution in [0.15, 0.2) is 30.3 Å². The monoisotopic (exact) mass is 208 g/mol. The van der Waals surface area contributed by atoms with Gasteiger partial charge in [-0.15, -0.1) is 0 Å². The maximum Gasteiger partial charge on any atom is 0.324 e. The molecule has 0 amide bonds. The summed E-state index contributed by atoms with van der Waals surface area (Å²) < 4.78 is 5.01. The molecule has 0 unspecified atom stereocenters. The Balaban J connectivity index is 2.41. The molecule has 0 aliphatic carbocycles. The highest BCUT2D eigenvalue weighted by molar-refractivity contribution is 5.76. The van der Waals surface area contributed by atoms with E-state index in [1.54, 1.807) is 6.92 Å². The molecule has 0 spiro atoms. The van der Waals surface area contributed by atoms with E-state index < -0.39 is 18.1 Å². The van der Waals surface area contributed by atoms with Crippen LogP contribution in [0, 0.1) is 0 Å². The normalized spacial score (nSPS) is 14.3. The SMILES string of the molecule is C[C@@H](N)[C@@H](N)C(=O)OCc1ccccc1. The number of nitrogens with two attached hydrogens (primary N) is 2. The Kier molecular flexibility index (Phi) is 4.27. The zero-order chi connectivity index (χ0) is 11.3. The topological polar surface area (TPSA) is 78.3 Å². The molecule has 82 valence electrons. The molecular formula is C11H16N2O2. The van der Waals surface area contributed by atoms with E-state index in [0.717, 1.165) is 5.56 Å². The summed E-state index contributed by atoms with van der Waals surface area (Å²) >= 11 is 0. The average molecular weight is 208 g/mol. The third-order valence-corrected chi connectivity index (χ3v) is 2.06. The van der Waals surface area contributed by atoms with Crippen LogP contribution in [0.2, 0.25) is 0 Å². The van der Waals surface area contributed by atoms with E-state index in [1.165, 1.54) is 0 Å². The maximum absolute atomic E-state index is 11.3. The molecule has 1 aromatic rings. The van der Waals surface area contributed by atoms with Gasteiger partial charge in [0.15, 0.2) is 0 Å². The minimum atomic E-state index is -0.756. The van der Waals surface area contributed by atoms with Crippen LogP contribution in [0.3, 0.4) is 0 Å². The number of hydrogen-bond donors (Lipinski definition) is 2. The fourth-order valence-electron chi connectivity index (χ4n) is 1.04. The zero-order valence-electron chi connectivity index (χ0n) is 8.72. The molecule has 1 aromatic carbocycles. The van der Waals surface area contributed by atoms with Crippen molar-refractivity contribution in [3.05, 3.63) is 35.9 Å². The lowest BCUT2D eigenvalue weighted by atomic mass is 10.2. The highest BCUT2D eigenvalue weighted by Gasteiger charge is 2.18. The Bertz CT molecular complexity index is 312. The fraction of sp³-hybridized carbons (Fsp3) is 0.364. The van der Waals surface area contributed by atoms with Gasteiger partial charge in [0, 0.05) is 6.04 Å². The molecule has 0 aromatic heterocycles. The van der Waals surface area contributed by atoms with Gasteiger partial charge < -0.3 is 16.2 Å². The van der Waals surface area contributed by atoms with Crippen LogP contribution in [0.4, 0.5) is 0 Å². The van der Waals surface area contributed by atoms with E-state index in [0.29, 0.717) is 0 Å². The first-order chi connectivity index (χ1) is 7.11. The predicted molar refractivity (Wildman–Crippen MR) is 57.9 cm³/mol. The molecule has 0 saturated carbocycles. The molecule has 0 saturated heterocycles. The van der Waals surface area contributed by atoms with Gasteiger partial charge in [-0.3, -0.25) is 4.79 Å². The van der Waals surface area contributed by atoms with Gasteiger partial charge in [-0.05, 0) is 12.5 Å². The molecule has 15 heavy (non-hydrogen) atoms. The summed E-state index contributed by atoms with van der Waals surface area (Å²) in [5.74, 6) is -0.464. The van der Waals surface area contributed by atoms with Crippen molar-refractivity contribution in [3.63, 3.8) is 0 Å². The number of carbonyl (C=O) groups is 1. The summed E-state index contributed by atoms with van der Waals surface area (Å²) in [4.78, 5) is 11.3. The van der Waals surface area contributed by atoms with Gasteiger partial charge in [0.2, 0.25) is 0 Å². The second-order valence-electron chi connectivity index (χ2n) is 3.48. The summed E-state index contributed by atoms with van der Waals surface area (Å²) in [5.41, 5.74) is 11.9. The largest absolute Gasteiger partial charge is 0.460 e. The molecule has 0 heterocycles. The third kappa shape index (κ3) is 3.69. The molecule has 0 aliphatic rings. The number of ether oxygens (including phenoxy) is 1. The predicted octanol–water partition coefficient (Wildman–Crippen LogP) is 0.404. The van der Waals surface area contributed by atoms with Crippen molar-refractivity contribution in [1.29, 1.82) is 0 Å². The van der Waals surface area contributed by atoms with E-state index in [9.17, 15) is 4.79 Å². The molecule has 4 N–H and O–H groups in total. The lowest BCUT2D eigenvalue weighted by Crippen LogP contribution is -2.46. The van der Waals surface area contributed by atoms with Crippen LogP contribution in [-0.2, 0) is 16.1 Å². The number of esters is 1. The summed E-state index contributed by atoms with van der Waals surface area (Å²) in [6.07, 6.45) is 0. The Morgan fingerprint density at radius 3 is 2.47 bits per heavy atom. The maximum atomic E-state index is 11.3. The van der Waals surface area contributed by atoms with Crippen molar-refractivity contribution in [2.24, 2.45) is 11.5 Å². The van der Waals surface area contributed by atoms with Crippen LogP contribution in [-0.4, -0.2) is 18.1 Å². The van der Waals surface area contributed by atoms with Crippen molar-refractivity contribution in [2.45, 2.75) is 25.6 Å². The minimum absolute atomic E-state index is 0.236. The lowest BCUT2D eigenvalue weighted by Gasteiger charge is -2.14. The molecule has 0 bridgehead atoms. The van der Waals surface area contributed by atoms with Crippen LogP contribution in [0.25, 0.3) is 0 Å². The van der Waals surface area contributed by atoms with Crippen LogP contribution in [0.5, 0.6) is 0 Å². The average Bonchev–Trinajstić information content (AvgIpc) is 2.26. The van der Waals surface area contributed by atoms with Crippen molar-refractivity contribution >= 4 is 5.97 Å². The van der Waals surface area contributed by atoms with Crippen LogP contribution >= 0.6 is 0 Å². The van der Waals surface area contributed by atoms with Crippen molar-refractivity contribution in [3.8, 4) is 0 Å². The molecule has 1 rings (SSSR count). The van der Waals surface area contributed by atoms with E-state index in [-0.39, 0.29) is 6.61 Å². The molecule has 0 fully saturated rings. The summed E-state index contributed by atoms with van der Waals surface area (Å²) in [7, 11) is 0. The van der Waals surface area contributed by atoms with Gasteiger partial charge in [0.1, 0.15) is 12.6 Å². The van der Waals surface area contributed by atoms with Gasteiger partial charge in [-0.1, -0.05) is 30.3 Å². The molecule has 0 aliphatic heterocycles. The Hall–Kier alpha value is -1.39. The summed E-state index contributed by atoms with van der Waals surface area (Å²) in [6, 6.07) is 8.28. The Morgan fingerprint density at radius 1 is 1.33 bits per heavy atom. The molecule has 4 nitrogen and oxygen atoms in total. The van der Waals surface area contributed by atoms with E-state index >= 15 is 0 Å². The second kappa shape index (κ2) is 5.48. The standard InChI is InChI=1S/C11H16N2O2/c1-8(12)10(13)11(14)15-7-9-5-3-2-4-6-9/h2-6,8,10H,7,12-13H2,1H3/t8-,10-/m1/s1. The first-order valence-corrected chi connectivity index (χ1v) is 4.83. The first kappa shape index (κ1) is 11.7. The van der Waals surface area contributed by atoms with E-state index in [2.05, 4.69) is 0 Å². The van der Waals surface area contributed by atoms with Crippen LogP contribution in [0.1, 0.15) is 12.5 Å². The Labute approximate surface area is 89.2 Å². The first-order valence-electron chi connectivity index (χ1n) is 4.83. The number of hydrogen-bond acceptors (Lipinski definition) is 4. The molecule has 0 radical (unpaired) electrons. The highest BCUT2D eigenvalue weighted by Crippen LogP contribution is 2.01. The summed E-state index contributed by atoms with van der Waals surface area (Å²) in [5, 5.41) is 0. The van der Waals surface area contributed by atoms with E-state index in [4.69, 9.17) is 16.2 Å². The molecule has 4 heteroatoms. The third-order valence-electron chi connectivity index (χ3n) is 2.06.